The fourth-order valence-corrected chi connectivity index (χ4v) is 2.91. The minimum atomic E-state index is -0.0364. The first-order valence-corrected chi connectivity index (χ1v) is 7.81. The number of aryl methyl sites for hydroxylation is 1. The van der Waals surface area contributed by atoms with Crippen LogP contribution >= 0.6 is 15.9 Å². The third-order valence-electron chi connectivity index (χ3n) is 3.64. The number of benzene rings is 1. The van der Waals surface area contributed by atoms with Gasteiger partial charge in [-0.2, -0.15) is 0 Å². The second-order valence-corrected chi connectivity index (χ2v) is 6.35. The zero-order valence-corrected chi connectivity index (χ0v) is 13.7. The molecular weight excluding hydrogens is 318 g/mol. The van der Waals surface area contributed by atoms with Crippen LogP contribution < -0.4 is 10.6 Å². The summed E-state index contributed by atoms with van der Waals surface area (Å²) in [6.45, 7) is 1.48. The van der Waals surface area contributed by atoms with Crippen molar-refractivity contribution >= 4 is 22.0 Å². The lowest BCUT2D eigenvalue weighted by atomic mass is 9.88. The van der Waals surface area contributed by atoms with Crippen molar-refractivity contribution in [2.24, 2.45) is 0 Å². The number of urea groups is 1. The molecule has 0 spiro atoms. The minimum Gasteiger partial charge on any atom is -0.337 e. The number of fused-ring (bicyclic) bond motifs is 1. The lowest BCUT2D eigenvalue weighted by Gasteiger charge is -2.26. The van der Waals surface area contributed by atoms with Crippen molar-refractivity contribution in [2.75, 3.05) is 27.2 Å². The first-order chi connectivity index (χ1) is 9.56. The number of halogens is 1. The molecule has 2 N–H and O–H groups in total. The molecule has 1 aromatic rings. The highest BCUT2D eigenvalue weighted by molar-refractivity contribution is 9.10. The smallest absolute Gasteiger partial charge is 0.316 e. The molecule has 4 nitrogen and oxygen atoms in total. The van der Waals surface area contributed by atoms with E-state index in [1.807, 2.05) is 0 Å². The predicted octanol–water partition coefficient (Wildman–Crippen LogP) is 2.17. The number of amides is 2. The highest BCUT2D eigenvalue weighted by Gasteiger charge is 2.18. The van der Waals surface area contributed by atoms with Gasteiger partial charge in [0.2, 0.25) is 0 Å². The maximum atomic E-state index is 11.4. The van der Waals surface area contributed by atoms with Gasteiger partial charge in [-0.05, 0) is 42.5 Å². The molecule has 0 aromatic heterocycles. The summed E-state index contributed by atoms with van der Waals surface area (Å²) in [5, 5.41) is 6.39. The van der Waals surface area contributed by atoms with Crippen molar-refractivity contribution in [1.29, 1.82) is 0 Å². The Bertz CT molecular complexity index is 476. The van der Waals surface area contributed by atoms with Crippen molar-refractivity contribution in [3.8, 4) is 0 Å². The third kappa shape index (κ3) is 4.21. The lowest BCUT2D eigenvalue weighted by Crippen LogP contribution is -2.42. The number of rotatable bonds is 4. The highest BCUT2D eigenvalue weighted by Crippen LogP contribution is 2.24. The molecule has 2 amide bonds. The van der Waals surface area contributed by atoms with E-state index in [4.69, 9.17) is 0 Å². The van der Waals surface area contributed by atoms with Gasteiger partial charge in [-0.15, -0.1) is 0 Å². The van der Waals surface area contributed by atoms with Gasteiger partial charge in [0.1, 0.15) is 0 Å². The van der Waals surface area contributed by atoms with E-state index < -0.39 is 0 Å². The van der Waals surface area contributed by atoms with E-state index in [2.05, 4.69) is 44.8 Å². The van der Waals surface area contributed by atoms with Gasteiger partial charge in [0.25, 0.3) is 0 Å². The standard InChI is InChI=1S/C15H22BrN3O/c1-19(2)15(20)18-8-7-17-14-6-4-11-9-13(16)5-3-12(11)10-14/h3,5,9,14,17H,4,6-8,10H2,1-2H3,(H,18,20). The topological polar surface area (TPSA) is 44.4 Å². The molecule has 1 aliphatic rings. The number of nitrogens with zero attached hydrogens (tertiary/aromatic N) is 1. The van der Waals surface area contributed by atoms with Gasteiger partial charge < -0.3 is 15.5 Å². The third-order valence-corrected chi connectivity index (χ3v) is 4.13. The number of carbonyl (C=O) groups excluding carboxylic acids is 1. The molecule has 0 saturated heterocycles. The molecule has 1 aliphatic carbocycles. The van der Waals surface area contributed by atoms with Crippen LogP contribution in [0.5, 0.6) is 0 Å². The average Bonchev–Trinajstić information content (AvgIpc) is 2.43. The summed E-state index contributed by atoms with van der Waals surface area (Å²) in [5.74, 6) is 0. The molecule has 0 fully saturated rings. The summed E-state index contributed by atoms with van der Waals surface area (Å²) < 4.78 is 1.16. The van der Waals surface area contributed by atoms with Gasteiger partial charge in [-0.25, -0.2) is 4.79 Å². The van der Waals surface area contributed by atoms with E-state index in [0.717, 1.165) is 30.3 Å². The fraction of sp³-hybridized carbons (Fsp3) is 0.533. The van der Waals surface area contributed by atoms with Crippen molar-refractivity contribution in [2.45, 2.75) is 25.3 Å². The Morgan fingerprint density at radius 2 is 2.15 bits per heavy atom. The Hall–Kier alpha value is -1.07. The minimum absolute atomic E-state index is 0.0364. The lowest BCUT2D eigenvalue weighted by molar-refractivity contribution is 0.217. The number of nitrogens with one attached hydrogen (secondary N) is 2. The van der Waals surface area contributed by atoms with E-state index in [-0.39, 0.29) is 6.03 Å². The molecule has 0 bridgehead atoms. The molecule has 0 radical (unpaired) electrons. The van der Waals surface area contributed by atoms with Gasteiger partial charge in [0.15, 0.2) is 0 Å². The van der Waals surface area contributed by atoms with Gasteiger partial charge >= 0.3 is 6.03 Å². The van der Waals surface area contributed by atoms with Gasteiger partial charge in [0.05, 0.1) is 0 Å². The average molecular weight is 340 g/mol. The van der Waals surface area contributed by atoms with E-state index >= 15 is 0 Å². The van der Waals surface area contributed by atoms with Gasteiger partial charge in [-0.1, -0.05) is 22.0 Å². The second-order valence-electron chi connectivity index (χ2n) is 5.43. The zero-order chi connectivity index (χ0) is 14.5. The van der Waals surface area contributed by atoms with Crippen LogP contribution in [0.25, 0.3) is 0 Å². The summed E-state index contributed by atoms with van der Waals surface area (Å²) in [4.78, 5) is 12.9. The van der Waals surface area contributed by atoms with Crippen LogP contribution in [-0.2, 0) is 12.8 Å². The molecule has 20 heavy (non-hydrogen) atoms. The van der Waals surface area contributed by atoms with Gasteiger partial charge in [0, 0.05) is 37.7 Å². The molecule has 1 atom stereocenters. The Morgan fingerprint density at radius 3 is 2.90 bits per heavy atom. The quantitative estimate of drug-likeness (QED) is 0.825. The molecule has 1 unspecified atom stereocenters. The predicted molar refractivity (Wildman–Crippen MR) is 85.0 cm³/mol. The molecule has 0 heterocycles. The van der Waals surface area contributed by atoms with Crippen molar-refractivity contribution in [3.05, 3.63) is 33.8 Å². The SMILES string of the molecule is CN(C)C(=O)NCCNC1CCc2cc(Br)ccc2C1. The Labute approximate surface area is 129 Å². The normalized spacial score (nSPS) is 17.4. The molecule has 110 valence electrons. The Balaban J connectivity index is 1.74. The monoisotopic (exact) mass is 339 g/mol. The first-order valence-electron chi connectivity index (χ1n) is 7.02. The molecule has 1 aromatic carbocycles. The number of hydrogen-bond donors (Lipinski definition) is 2. The molecule has 0 saturated carbocycles. The van der Waals surface area contributed by atoms with Crippen LogP contribution in [0.1, 0.15) is 17.5 Å². The van der Waals surface area contributed by atoms with Crippen molar-refractivity contribution in [1.82, 2.24) is 15.5 Å². The van der Waals surface area contributed by atoms with Crippen LogP contribution in [0, 0.1) is 0 Å². The number of carbonyl (C=O) groups is 1. The summed E-state index contributed by atoms with van der Waals surface area (Å²) >= 11 is 3.52. The molecule has 0 aliphatic heterocycles. The van der Waals surface area contributed by atoms with E-state index in [9.17, 15) is 4.79 Å². The van der Waals surface area contributed by atoms with Crippen LogP contribution in [-0.4, -0.2) is 44.2 Å². The van der Waals surface area contributed by atoms with Crippen LogP contribution in [0.2, 0.25) is 0 Å². The van der Waals surface area contributed by atoms with Crippen molar-refractivity contribution < 1.29 is 4.79 Å². The first kappa shape index (κ1) is 15.3. The summed E-state index contributed by atoms with van der Waals surface area (Å²) in [5.41, 5.74) is 2.90. The van der Waals surface area contributed by atoms with Crippen LogP contribution in [0.4, 0.5) is 4.79 Å². The van der Waals surface area contributed by atoms with E-state index in [1.165, 1.54) is 11.1 Å². The second kappa shape index (κ2) is 7.09. The van der Waals surface area contributed by atoms with E-state index in [0.29, 0.717) is 12.6 Å². The van der Waals surface area contributed by atoms with E-state index in [1.54, 1.807) is 19.0 Å². The summed E-state index contributed by atoms with van der Waals surface area (Å²) in [6, 6.07) is 7.02. The van der Waals surface area contributed by atoms with Crippen LogP contribution in [0.15, 0.2) is 22.7 Å². The Morgan fingerprint density at radius 1 is 1.35 bits per heavy atom. The maximum absolute atomic E-state index is 11.4. The Kier molecular flexibility index (Phi) is 5.43. The highest BCUT2D eigenvalue weighted by atomic mass is 79.9. The molecule has 2 rings (SSSR count). The largest absolute Gasteiger partial charge is 0.337 e. The molecule has 5 heteroatoms. The maximum Gasteiger partial charge on any atom is 0.316 e. The fourth-order valence-electron chi connectivity index (χ4n) is 2.50. The summed E-state index contributed by atoms with van der Waals surface area (Å²) in [7, 11) is 3.50. The summed E-state index contributed by atoms with van der Waals surface area (Å²) in [6.07, 6.45) is 3.35. The van der Waals surface area contributed by atoms with Crippen LogP contribution in [0.3, 0.4) is 0 Å². The van der Waals surface area contributed by atoms with Crippen molar-refractivity contribution in [3.63, 3.8) is 0 Å². The molecular formula is C15H22BrN3O. The number of hydrogen-bond acceptors (Lipinski definition) is 2. The van der Waals surface area contributed by atoms with Gasteiger partial charge in [-0.3, -0.25) is 0 Å². The zero-order valence-electron chi connectivity index (χ0n) is 12.1.